The molecule has 1 aromatic carbocycles. The molecule has 0 fully saturated rings. The summed E-state index contributed by atoms with van der Waals surface area (Å²) in [5, 5.41) is 0. The lowest BCUT2D eigenvalue weighted by Crippen LogP contribution is -2.03. The second kappa shape index (κ2) is 6.02. The summed E-state index contributed by atoms with van der Waals surface area (Å²) in [5.41, 5.74) is 0.620. The van der Waals surface area contributed by atoms with Gasteiger partial charge in [-0.2, -0.15) is 0 Å². The van der Waals surface area contributed by atoms with Gasteiger partial charge in [0.1, 0.15) is 5.75 Å². The lowest BCUT2D eigenvalue weighted by atomic mass is 10.1. The normalized spacial score (nSPS) is 9.67. The van der Waals surface area contributed by atoms with Crippen LogP contribution in [0.15, 0.2) is 42.5 Å². The molecule has 0 N–H and O–H groups in total. The second-order valence-corrected chi connectivity index (χ2v) is 3.47. The first-order chi connectivity index (χ1) is 7.20. The number of ketones is 1. The van der Waals surface area contributed by atoms with Crippen LogP contribution in [0, 0.1) is 0 Å². The van der Waals surface area contributed by atoms with Gasteiger partial charge in [-0.3, -0.25) is 4.79 Å². The van der Waals surface area contributed by atoms with Gasteiger partial charge in [-0.05, 0) is 31.1 Å². The van der Waals surface area contributed by atoms with Gasteiger partial charge in [0.25, 0.3) is 0 Å². The van der Waals surface area contributed by atoms with Crippen LogP contribution in [0.3, 0.4) is 0 Å². The van der Waals surface area contributed by atoms with Gasteiger partial charge in [-0.25, -0.2) is 0 Å². The van der Waals surface area contributed by atoms with Crippen molar-refractivity contribution >= 4 is 5.78 Å². The summed E-state index contributed by atoms with van der Waals surface area (Å²) >= 11 is 0. The maximum Gasteiger partial charge on any atom is 0.158 e. The Balaban J connectivity index is 2.18. The molecule has 0 aromatic heterocycles. The van der Waals surface area contributed by atoms with Gasteiger partial charge < -0.3 is 4.74 Å². The fourth-order valence-electron chi connectivity index (χ4n) is 1.15. The summed E-state index contributed by atoms with van der Waals surface area (Å²) in [4.78, 5) is 11.2. The Hall–Kier alpha value is -1.57. The Kier molecular flexibility index (Phi) is 4.61. The van der Waals surface area contributed by atoms with Gasteiger partial charge in [0.05, 0.1) is 6.61 Å². The molecule has 1 rings (SSSR count). The monoisotopic (exact) mass is 204 g/mol. The summed E-state index contributed by atoms with van der Waals surface area (Å²) in [6.07, 6.45) is 1.25. The Labute approximate surface area is 90.6 Å². The molecule has 0 aliphatic rings. The molecule has 0 radical (unpaired) electrons. The van der Waals surface area contributed by atoms with Crippen LogP contribution < -0.4 is 4.74 Å². The molecule has 0 saturated carbocycles. The molecule has 80 valence electrons. The fraction of sp³-hybridized carbons (Fsp3) is 0.308. The lowest BCUT2D eigenvalue weighted by Gasteiger charge is -2.04. The Morgan fingerprint density at radius 3 is 2.60 bits per heavy atom. The van der Waals surface area contributed by atoms with E-state index in [0.717, 1.165) is 12.2 Å². The second-order valence-electron chi connectivity index (χ2n) is 3.47. The van der Waals surface area contributed by atoms with E-state index in [1.165, 1.54) is 0 Å². The minimum absolute atomic E-state index is 0.117. The zero-order valence-corrected chi connectivity index (χ0v) is 9.03. The van der Waals surface area contributed by atoms with Crippen molar-refractivity contribution in [3.63, 3.8) is 0 Å². The number of allylic oxidation sites excluding steroid dienone is 1. The average molecular weight is 204 g/mol. The number of para-hydroxylation sites is 1. The van der Waals surface area contributed by atoms with Gasteiger partial charge in [0.2, 0.25) is 0 Å². The molecule has 0 spiro atoms. The van der Waals surface area contributed by atoms with Crippen molar-refractivity contribution in [1.82, 2.24) is 0 Å². The zero-order valence-electron chi connectivity index (χ0n) is 9.03. The Bertz CT molecular complexity index is 328. The number of hydrogen-bond acceptors (Lipinski definition) is 2. The zero-order chi connectivity index (χ0) is 11.1. The summed E-state index contributed by atoms with van der Waals surface area (Å²) < 4.78 is 5.45. The van der Waals surface area contributed by atoms with Crippen molar-refractivity contribution in [2.24, 2.45) is 0 Å². The van der Waals surface area contributed by atoms with Gasteiger partial charge in [0.15, 0.2) is 5.78 Å². The number of rotatable bonds is 6. The largest absolute Gasteiger partial charge is 0.494 e. The van der Waals surface area contributed by atoms with Crippen molar-refractivity contribution in [2.75, 3.05) is 6.61 Å². The first kappa shape index (κ1) is 11.5. The predicted molar refractivity (Wildman–Crippen MR) is 61.0 cm³/mol. The highest BCUT2D eigenvalue weighted by Crippen LogP contribution is 2.09. The quantitative estimate of drug-likeness (QED) is 0.526. The van der Waals surface area contributed by atoms with E-state index in [4.69, 9.17) is 4.74 Å². The van der Waals surface area contributed by atoms with Gasteiger partial charge in [0, 0.05) is 6.42 Å². The van der Waals surface area contributed by atoms with Crippen molar-refractivity contribution in [2.45, 2.75) is 19.8 Å². The highest BCUT2D eigenvalue weighted by molar-refractivity contribution is 5.93. The topological polar surface area (TPSA) is 26.3 Å². The average Bonchev–Trinajstić information content (AvgIpc) is 2.25. The summed E-state index contributed by atoms with van der Waals surface area (Å²) in [6, 6.07) is 9.60. The van der Waals surface area contributed by atoms with Crippen molar-refractivity contribution < 1.29 is 9.53 Å². The molecule has 0 aliphatic heterocycles. The highest BCUT2D eigenvalue weighted by Gasteiger charge is 2.01. The Morgan fingerprint density at radius 2 is 2.00 bits per heavy atom. The smallest absolute Gasteiger partial charge is 0.158 e. The maximum absolute atomic E-state index is 11.2. The number of hydrogen-bond donors (Lipinski definition) is 0. The molecular weight excluding hydrogens is 188 g/mol. The van der Waals surface area contributed by atoms with Crippen LogP contribution in [-0.4, -0.2) is 12.4 Å². The van der Waals surface area contributed by atoms with Crippen LogP contribution in [0.25, 0.3) is 0 Å². The van der Waals surface area contributed by atoms with E-state index >= 15 is 0 Å². The number of benzene rings is 1. The third kappa shape index (κ3) is 4.45. The Morgan fingerprint density at radius 1 is 1.33 bits per heavy atom. The van der Waals surface area contributed by atoms with Crippen LogP contribution in [0.1, 0.15) is 19.8 Å². The molecule has 0 aliphatic carbocycles. The first-order valence-electron chi connectivity index (χ1n) is 5.06. The highest BCUT2D eigenvalue weighted by atomic mass is 16.5. The SMILES string of the molecule is C=C(C)C(=O)CCCOc1ccccc1. The van der Waals surface area contributed by atoms with E-state index in [1.807, 2.05) is 30.3 Å². The van der Waals surface area contributed by atoms with Crippen molar-refractivity contribution in [3.8, 4) is 5.75 Å². The van der Waals surface area contributed by atoms with E-state index in [9.17, 15) is 4.79 Å². The fourth-order valence-corrected chi connectivity index (χ4v) is 1.15. The summed E-state index contributed by atoms with van der Waals surface area (Å²) in [5.74, 6) is 0.965. The van der Waals surface area contributed by atoms with E-state index in [-0.39, 0.29) is 5.78 Å². The standard InChI is InChI=1S/C13H16O2/c1-11(2)13(14)9-6-10-15-12-7-4-3-5-8-12/h3-5,7-8H,1,6,9-10H2,2H3. The molecular formula is C13H16O2. The van der Waals surface area contributed by atoms with Gasteiger partial charge >= 0.3 is 0 Å². The minimum atomic E-state index is 0.117. The molecule has 0 atom stereocenters. The number of carbonyl (C=O) groups is 1. The van der Waals surface area contributed by atoms with E-state index in [2.05, 4.69) is 6.58 Å². The van der Waals surface area contributed by atoms with Crippen LogP contribution in [0.5, 0.6) is 5.75 Å². The molecule has 2 nitrogen and oxygen atoms in total. The minimum Gasteiger partial charge on any atom is -0.494 e. The third-order valence-electron chi connectivity index (χ3n) is 2.04. The van der Waals surface area contributed by atoms with Crippen LogP contribution in [0.2, 0.25) is 0 Å². The van der Waals surface area contributed by atoms with Crippen LogP contribution >= 0.6 is 0 Å². The van der Waals surface area contributed by atoms with Crippen molar-refractivity contribution in [1.29, 1.82) is 0 Å². The first-order valence-corrected chi connectivity index (χ1v) is 5.06. The molecule has 0 saturated heterocycles. The molecule has 0 unspecified atom stereocenters. The maximum atomic E-state index is 11.2. The van der Waals surface area contributed by atoms with Crippen LogP contribution in [0.4, 0.5) is 0 Å². The van der Waals surface area contributed by atoms with Crippen molar-refractivity contribution in [3.05, 3.63) is 42.5 Å². The molecule has 1 aromatic rings. The van der Waals surface area contributed by atoms with E-state index in [0.29, 0.717) is 18.6 Å². The van der Waals surface area contributed by atoms with E-state index in [1.54, 1.807) is 6.92 Å². The van der Waals surface area contributed by atoms with E-state index < -0.39 is 0 Å². The summed E-state index contributed by atoms with van der Waals surface area (Å²) in [7, 11) is 0. The third-order valence-corrected chi connectivity index (χ3v) is 2.04. The lowest BCUT2D eigenvalue weighted by molar-refractivity contribution is -0.115. The molecule has 0 heterocycles. The van der Waals surface area contributed by atoms with Gasteiger partial charge in [-0.15, -0.1) is 0 Å². The molecule has 0 amide bonds. The number of carbonyl (C=O) groups excluding carboxylic acids is 1. The van der Waals surface area contributed by atoms with Gasteiger partial charge in [-0.1, -0.05) is 24.8 Å². The molecule has 0 bridgehead atoms. The number of ether oxygens (including phenoxy) is 1. The predicted octanol–water partition coefficient (Wildman–Crippen LogP) is 2.99. The van der Waals surface area contributed by atoms with Crippen LogP contribution in [-0.2, 0) is 4.79 Å². The molecule has 15 heavy (non-hydrogen) atoms. The summed E-state index contributed by atoms with van der Waals surface area (Å²) in [6.45, 7) is 5.91. The number of Topliss-reactive ketones (excluding diaryl/α,β-unsaturated/α-hetero) is 1. The molecule has 2 heteroatoms.